The van der Waals surface area contributed by atoms with Gasteiger partial charge in [-0.2, -0.15) is 0 Å². The Bertz CT molecular complexity index is 225. The van der Waals surface area contributed by atoms with Crippen molar-refractivity contribution in [3.63, 3.8) is 0 Å². The van der Waals surface area contributed by atoms with Crippen LogP contribution in [0.5, 0.6) is 0 Å². The molecule has 2 fully saturated rings. The highest BCUT2D eigenvalue weighted by atomic mass is 16.2. The van der Waals surface area contributed by atoms with Crippen molar-refractivity contribution in [2.45, 2.75) is 45.2 Å². The van der Waals surface area contributed by atoms with Crippen LogP contribution >= 0.6 is 0 Å². The van der Waals surface area contributed by atoms with Crippen LogP contribution in [0.3, 0.4) is 0 Å². The Morgan fingerprint density at radius 3 is 2.64 bits per heavy atom. The molecule has 0 bridgehead atoms. The fourth-order valence-corrected chi connectivity index (χ4v) is 2.11. The first-order valence-electron chi connectivity index (χ1n) is 5.76. The van der Waals surface area contributed by atoms with Gasteiger partial charge in [0, 0.05) is 25.2 Å². The summed E-state index contributed by atoms with van der Waals surface area (Å²) in [5, 5.41) is 0. The highest BCUT2D eigenvalue weighted by Crippen LogP contribution is 2.28. The van der Waals surface area contributed by atoms with Crippen LogP contribution in [0.15, 0.2) is 0 Å². The summed E-state index contributed by atoms with van der Waals surface area (Å²) in [6, 6.07) is 1.15. The lowest BCUT2D eigenvalue weighted by Crippen LogP contribution is -2.53. The topological polar surface area (TPSA) is 23.6 Å². The maximum atomic E-state index is 11.8. The third-order valence-corrected chi connectivity index (χ3v) is 3.49. The lowest BCUT2D eigenvalue weighted by Gasteiger charge is -2.37. The third kappa shape index (κ3) is 1.92. The van der Waals surface area contributed by atoms with Gasteiger partial charge in [0.05, 0.1) is 6.54 Å². The summed E-state index contributed by atoms with van der Waals surface area (Å²) < 4.78 is 0. The Morgan fingerprint density at radius 2 is 2.14 bits per heavy atom. The molecule has 3 heteroatoms. The summed E-state index contributed by atoms with van der Waals surface area (Å²) in [7, 11) is 0. The molecule has 0 aromatic heterocycles. The van der Waals surface area contributed by atoms with Gasteiger partial charge in [0.1, 0.15) is 0 Å². The van der Waals surface area contributed by atoms with Gasteiger partial charge in [-0.25, -0.2) is 0 Å². The molecule has 0 N–H and O–H groups in total. The zero-order chi connectivity index (χ0) is 10.1. The van der Waals surface area contributed by atoms with E-state index in [1.54, 1.807) is 0 Å². The number of amides is 1. The molecular formula is C11H20N2O. The van der Waals surface area contributed by atoms with E-state index in [9.17, 15) is 4.79 Å². The fraction of sp³-hybridized carbons (Fsp3) is 0.909. The molecule has 0 spiro atoms. The Kier molecular flexibility index (Phi) is 2.77. The normalized spacial score (nSPS) is 26.7. The Balaban J connectivity index is 1.88. The van der Waals surface area contributed by atoms with Crippen molar-refractivity contribution >= 4 is 5.91 Å². The summed E-state index contributed by atoms with van der Waals surface area (Å²) in [5.74, 6) is 0.346. The molecule has 1 saturated carbocycles. The van der Waals surface area contributed by atoms with Crippen LogP contribution in [-0.4, -0.2) is 47.4 Å². The number of rotatable bonds is 3. The largest absolute Gasteiger partial charge is 0.337 e. The van der Waals surface area contributed by atoms with Gasteiger partial charge >= 0.3 is 0 Å². The molecule has 1 heterocycles. The maximum Gasteiger partial charge on any atom is 0.237 e. The highest BCUT2D eigenvalue weighted by Gasteiger charge is 2.36. The van der Waals surface area contributed by atoms with Crippen LogP contribution in [0.25, 0.3) is 0 Å². The van der Waals surface area contributed by atoms with Crippen molar-refractivity contribution in [3.8, 4) is 0 Å². The maximum absolute atomic E-state index is 11.8. The lowest BCUT2D eigenvalue weighted by atomic mass is 10.2. The molecule has 1 aliphatic heterocycles. The summed E-state index contributed by atoms with van der Waals surface area (Å²) in [4.78, 5) is 16.2. The van der Waals surface area contributed by atoms with Gasteiger partial charge in [-0.05, 0) is 26.2 Å². The van der Waals surface area contributed by atoms with E-state index in [1.807, 2.05) is 0 Å². The molecule has 2 rings (SSSR count). The minimum atomic E-state index is 0.346. The second kappa shape index (κ2) is 3.89. The highest BCUT2D eigenvalue weighted by molar-refractivity contribution is 5.79. The Hall–Kier alpha value is -0.570. The van der Waals surface area contributed by atoms with Gasteiger partial charge in [0.15, 0.2) is 0 Å². The van der Waals surface area contributed by atoms with E-state index in [2.05, 4.69) is 23.6 Å². The second-order valence-electron chi connectivity index (χ2n) is 4.55. The molecule has 0 aromatic rings. The molecule has 0 aromatic carbocycles. The van der Waals surface area contributed by atoms with Crippen LogP contribution in [0.2, 0.25) is 0 Å². The first kappa shape index (κ1) is 9.97. The van der Waals surface area contributed by atoms with E-state index in [4.69, 9.17) is 0 Å². The van der Waals surface area contributed by atoms with Gasteiger partial charge in [0.2, 0.25) is 5.91 Å². The third-order valence-electron chi connectivity index (χ3n) is 3.49. The predicted octanol–water partition coefficient (Wildman–Crippen LogP) is 1.09. The zero-order valence-corrected chi connectivity index (χ0v) is 9.20. The van der Waals surface area contributed by atoms with Gasteiger partial charge in [-0.1, -0.05) is 6.92 Å². The van der Waals surface area contributed by atoms with Crippen molar-refractivity contribution in [3.05, 3.63) is 0 Å². The Labute approximate surface area is 86.1 Å². The molecule has 80 valence electrons. The van der Waals surface area contributed by atoms with Crippen LogP contribution < -0.4 is 0 Å². The van der Waals surface area contributed by atoms with Crippen molar-refractivity contribution < 1.29 is 4.79 Å². The van der Waals surface area contributed by atoms with E-state index in [0.717, 1.165) is 19.5 Å². The van der Waals surface area contributed by atoms with Crippen LogP contribution in [0.1, 0.15) is 33.1 Å². The number of nitrogens with zero attached hydrogens (tertiary/aromatic N) is 2. The van der Waals surface area contributed by atoms with Gasteiger partial charge in [-0.15, -0.1) is 0 Å². The smallest absolute Gasteiger partial charge is 0.237 e. The number of carbonyl (C=O) groups is 1. The molecule has 14 heavy (non-hydrogen) atoms. The SMILES string of the molecule is CCC(C)N1CCN(C2CC2)C(=O)C1. The van der Waals surface area contributed by atoms with E-state index < -0.39 is 0 Å². The molecular weight excluding hydrogens is 176 g/mol. The molecule has 1 saturated heterocycles. The lowest BCUT2D eigenvalue weighted by molar-refractivity contribution is -0.137. The number of hydrogen-bond acceptors (Lipinski definition) is 2. The second-order valence-corrected chi connectivity index (χ2v) is 4.55. The van der Waals surface area contributed by atoms with E-state index >= 15 is 0 Å². The van der Waals surface area contributed by atoms with Gasteiger partial charge in [-0.3, -0.25) is 9.69 Å². The summed E-state index contributed by atoms with van der Waals surface area (Å²) in [6.07, 6.45) is 3.60. The van der Waals surface area contributed by atoms with Crippen molar-refractivity contribution in [2.24, 2.45) is 0 Å². The molecule has 1 aliphatic carbocycles. The number of piperazine rings is 1. The number of hydrogen-bond donors (Lipinski definition) is 0. The minimum Gasteiger partial charge on any atom is -0.337 e. The summed E-state index contributed by atoms with van der Waals surface area (Å²) in [6.45, 7) is 7.05. The van der Waals surface area contributed by atoms with Crippen LogP contribution in [-0.2, 0) is 4.79 Å². The summed E-state index contributed by atoms with van der Waals surface area (Å²) >= 11 is 0. The quantitative estimate of drug-likeness (QED) is 0.674. The first-order chi connectivity index (χ1) is 6.72. The molecule has 3 nitrogen and oxygen atoms in total. The molecule has 1 amide bonds. The van der Waals surface area contributed by atoms with E-state index in [0.29, 0.717) is 24.5 Å². The predicted molar refractivity (Wildman–Crippen MR) is 56.1 cm³/mol. The van der Waals surface area contributed by atoms with Gasteiger partial charge in [0.25, 0.3) is 0 Å². The first-order valence-corrected chi connectivity index (χ1v) is 5.76. The fourth-order valence-electron chi connectivity index (χ4n) is 2.11. The molecule has 1 atom stereocenters. The van der Waals surface area contributed by atoms with Crippen molar-refractivity contribution in [1.82, 2.24) is 9.80 Å². The number of carbonyl (C=O) groups excluding carboxylic acids is 1. The van der Waals surface area contributed by atoms with Crippen molar-refractivity contribution in [1.29, 1.82) is 0 Å². The molecule has 0 radical (unpaired) electrons. The average Bonchev–Trinajstić information content (AvgIpc) is 3.00. The zero-order valence-electron chi connectivity index (χ0n) is 9.20. The standard InChI is InChI=1S/C11H20N2O/c1-3-9(2)12-6-7-13(10-4-5-10)11(14)8-12/h9-10H,3-8H2,1-2H3. The van der Waals surface area contributed by atoms with Crippen LogP contribution in [0, 0.1) is 0 Å². The van der Waals surface area contributed by atoms with E-state index in [1.165, 1.54) is 12.8 Å². The van der Waals surface area contributed by atoms with Gasteiger partial charge < -0.3 is 4.90 Å². The van der Waals surface area contributed by atoms with Crippen LogP contribution in [0.4, 0.5) is 0 Å². The van der Waals surface area contributed by atoms with E-state index in [-0.39, 0.29) is 0 Å². The minimum absolute atomic E-state index is 0.346. The Morgan fingerprint density at radius 1 is 1.43 bits per heavy atom. The average molecular weight is 196 g/mol. The van der Waals surface area contributed by atoms with Crippen molar-refractivity contribution in [2.75, 3.05) is 19.6 Å². The molecule has 1 unspecified atom stereocenters. The monoisotopic (exact) mass is 196 g/mol. The molecule has 2 aliphatic rings. The summed E-state index contributed by atoms with van der Waals surface area (Å²) in [5.41, 5.74) is 0.